The summed E-state index contributed by atoms with van der Waals surface area (Å²) in [5.41, 5.74) is 0. The van der Waals surface area contributed by atoms with E-state index in [0.717, 1.165) is 6.42 Å². The molecule has 31 heavy (non-hydrogen) atoms. The number of likely N-dealkylation sites (N-methyl/N-ethyl adjacent to an activating group) is 2. The highest BCUT2D eigenvalue weighted by atomic mass is 16.5. The Morgan fingerprint density at radius 3 is 1.77 bits per heavy atom. The topological polar surface area (TPSA) is 76.1 Å². The van der Waals surface area contributed by atoms with Gasteiger partial charge in [0.2, 0.25) is 5.91 Å². The molecule has 0 N–H and O–H groups in total. The normalized spacial score (nSPS) is 16.7. The van der Waals surface area contributed by atoms with Gasteiger partial charge in [0, 0.05) is 26.5 Å². The summed E-state index contributed by atoms with van der Waals surface area (Å²) in [4.78, 5) is 42.3. The molecule has 0 aliphatic heterocycles. The van der Waals surface area contributed by atoms with Crippen molar-refractivity contribution in [2.24, 2.45) is 23.7 Å². The minimum Gasteiger partial charge on any atom is -0.469 e. The van der Waals surface area contributed by atoms with Gasteiger partial charge in [-0.1, -0.05) is 48.0 Å². The molecule has 0 fully saturated rings. The number of carbonyl (C=O) groups is 3. The van der Waals surface area contributed by atoms with E-state index in [0.29, 0.717) is 0 Å². The van der Waals surface area contributed by atoms with E-state index in [1.54, 1.807) is 19.1 Å². The molecule has 0 bridgehead atoms. The van der Waals surface area contributed by atoms with Crippen LogP contribution < -0.4 is 0 Å². The molecule has 0 aliphatic rings. The number of hydrogen-bond donors (Lipinski definition) is 0. The smallest absolute Gasteiger partial charge is 0.308 e. The molecule has 1 amide bonds. The maximum atomic E-state index is 13.6. The van der Waals surface area contributed by atoms with E-state index < -0.39 is 12.0 Å². The summed E-state index contributed by atoms with van der Waals surface area (Å²) in [6, 6.07) is -0.525. The SMILES string of the molecule is CC[C@H](C)[C@@H]([C@@H](CC(=O)OC)OC)N(C)C(=O)[C@@H](CC(=O)[C@H](C(C)C)N(C)C)C(C)C. The van der Waals surface area contributed by atoms with E-state index >= 15 is 0 Å². The molecule has 0 aromatic carbocycles. The van der Waals surface area contributed by atoms with Crippen LogP contribution in [0.2, 0.25) is 0 Å². The number of hydrogen-bond acceptors (Lipinski definition) is 6. The van der Waals surface area contributed by atoms with Crippen molar-refractivity contribution in [2.45, 2.75) is 79.0 Å². The van der Waals surface area contributed by atoms with Crippen molar-refractivity contribution in [3.63, 3.8) is 0 Å². The van der Waals surface area contributed by atoms with Crippen LogP contribution in [0.4, 0.5) is 0 Å². The molecule has 0 radical (unpaired) electrons. The molecular formula is C24H46N2O5. The van der Waals surface area contributed by atoms with Crippen LogP contribution in [0.3, 0.4) is 0 Å². The van der Waals surface area contributed by atoms with Gasteiger partial charge in [0.05, 0.1) is 31.7 Å². The molecule has 0 aromatic rings. The molecule has 0 rings (SSSR count). The lowest BCUT2D eigenvalue weighted by atomic mass is 9.83. The Morgan fingerprint density at radius 1 is 0.871 bits per heavy atom. The Hall–Kier alpha value is -1.47. The summed E-state index contributed by atoms with van der Waals surface area (Å²) in [7, 11) is 8.45. The van der Waals surface area contributed by atoms with Gasteiger partial charge in [-0.05, 0) is 31.8 Å². The van der Waals surface area contributed by atoms with E-state index in [-0.39, 0.29) is 60.3 Å². The number of esters is 1. The van der Waals surface area contributed by atoms with E-state index in [2.05, 4.69) is 6.92 Å². The maximum Gasteiger partial charge on any atom is 0.308 e. The first kappa shape index (κ1) is 29.5. The van der Waals surface area contributed by atoms with Gasteiger partial charge in [-0.3, -0.25) is 19.3 Å². The van der Waals surface area contributed by atoms with Crippen LogP contribution in [-0.2, 0) is 23.9 Å². The van der Waals surface area contributed by atoms with Gasteiger partial charge >= 0.3 is 5.97 Å². The number of amides is 1. The Morgan fingerprint density at radius 2 is 1.42 bits per heavy atom. The highest BCUT2D eigenvalue weighted by molar-refractivity contribution is 5.90. The Labute approximate surface area is 189 Å². The first-order valence-electron chi connectivity index (χ1n) is 11.4. The lowest BCUT2D eigenvalue weighted by molar-refractivity contribution is -0.151. The number of rotatable bonds is 14. The summed E-state index contributed by atoms with van der Waals surface area (Å²) < 4.78 is 10.5. The van der Waals surface area contributed by atoms with E-state index in [4.69, 9.17) is 9.47 Å². The molecule has 0 aliphatic carbocycles. The molecule has 7 nitrogen and oxygen atoms in total. The maximum absolute atomic E-state index is 13.6. The summed E-state index contributed by atoms with van der Waals surface area (Å²) in [6.07, 6.45) is 0.611. The molecular weight excluding hydrogens is 396 g/mol. The standard InChI is InChI=1S/C24H46N2O5/c1-12-17(6)23(20(30-10)14-21(28)31-11)26(9)24(29)18(15(2)3)13-19(27)22(16(4)5)25(7)8/h15-18,20,22-23H,12-14H2,1-11H3/t17-,18-,20+,22-,23-/m0/s1. The molecule has 5 atom stereocenters. The highest BCUT2D eigenvalue weighted by Gasteiger charge is 2.38. The average Bonchev–Trinajstić information content (AvgIpc) is 2.69. The summed E-state index contributed by atoms with van der Waals surface area (Å²) >= 11 is 0. The molecule has 0 unspecified atom stereocenters. The fourth-order valence-electron chi connectivity index (χ4n) is 4.44. The van der Waals surface area contributed by atoms with Crippen molar-refractivity contribution in [3.05, 3.63) is 0 Å². The number of methoxy groups -OCH3 is 2. The van der Waals surface area contributed by atoms with Crippen molar-refractivity contribution >= 4 is 17.7 Å². The van der Waals surface area contributed by atoms with Gasteiger partial charge in [0.1, 0.15) is 0 Å². The van der Waals surface area contributed by atoms with Crippen molar-refractivity contribution in [2.75, 3.05) is 35.4 Å². The van der Waals surface area contributed by atoms with Gasteiger partial charge < -0.3 is 14.4 Å². The first-order chi connectivity index (χ1) is 14.3. The molecule has 7 heteroatoms. The zero-order chi connectivity index (χ0) is 24.5. The predicted molar refractivity (Wildman–Crippen MR) is 124 cm³/mol. The highest BCUT2D eigenvalue weighted by Crippen LogP contribution is 2.27. The Kier molecular flexibility index (Phi) is 13.2. The number of ketones is 1. The molecule has 0 aromatic heterocycles. The van der Waals surface area contributed by atoms with Crippen LogP contribution in [0.25, 0.3) is 0 Å². The van der Waals surface area contributed by atoms with Crippen LogP contribution >= 0.6 is 0 Å². The second kappa shape index (κ2) is 13.8. The van der Waals surface area contributed by atoms with Crippen LogP contribution in [0.5, 0.6) is 0 Å². The van der Waals surface area contributed by atoms with Crippen molar-refractivity contribution in [3.8, 4) is 0 Å². The largest absolute Gasteiger partial charge is 0.469 e. The second-order valence-electron chi connectivity index (χ2n) is 9.55. The Balaban J connectivity index is 5.84. The molecule has 0 spiro atoms. The summed E-state index contributed by atoms with van der Waals surface area (Å²) in [5.74, 6) is -0.525. The quantitative estimate of drug-likeness (QED) is 0.384. The fraction of sp³-hybridized carbons (Fsp3) is 0.875. The number of nitrogens with zero attached hydrogens (tertiary/aromatic N) is 2. The third-order valence-electron chi connectivity index (χ3n) is 6.36. The predicted octanol–water partition coefficient (Wildman–Crippen LogP) is 3.26. The van der Waals surface area contributed by atoms with Crippen molar-refractivity contribution in [1.82, 2.24) is 9.80 Å². The fourth-order valence-corrected chi connectivity index (χ4v) is 4.44. The number of ether oxygens (including phenoxy) is 2. The lowest BCUT2D eigenvalue weighted by Gasteiger charge is -2.40. The first-order valence-corrected chi connectivity index (χ1v) is 11.4. The van der Waals surface area contributed by atoms with Crippen molar-refractivity contribution < 1.29 is 23.9 Å². The van der Waals surface area contributed by atoms with Gasteiger partial charge in [0.25, 0.3) is 0 Å². The molecule has 0 heterocycles. The van der Waals surface area contributed by atoms with Crippen LogP contribution in [0, 0.1) is 23.7 Å². The molecule has 0 saturated carbocycles. The molecule has 0 saturated heterocycles. The third-order valence-corrected chi connectivity index (χ3v) is 6.36. The number of carbonyl (C=O) groups excluding carboxylic acids is 3. The monoisotopic (exact) mass is 442 g/mol. The third kappa shape index (κ3) is 8.53. The Bertz CT molecular complexity index is 568. The van der Waals surface area contributed by atoms with Crippen LogP contribution in [-0.4, -0.2) is 81.0 Å². The minimum absolute atomic E-state index is 0.00746. The van der Waals surface area contributed by atoms with Gasteiger partial charge in [0.15, 0.2) is 5.78 Å². The van der Waals surface area contributed by atoms with E-state index in [1.165, 1.54) is 7.11 Å². The average molecular weight is 443 g/mol. The van der Waals surface area contributed by atoms with Crippen molar-refractivity contribution in [1.29, 1.82) is 0 Å². The van der Waals surface area contributed by atoms with Gasteiger partial charge in [-0.25, -0.2) is 0 Å². The second-order valence-corrected chi connectivity index (χ2v) is 9.55. The van der Waals surface area contributed by atoms with Crippen LogP contribution in [0.15, 0.2) is 0 Å². The summed E-state index contributed by atoms with van der Waals surface area (Å²) in [6.45, 7) is 12.1. The molecule has 182 valence electrons. The van der Waals surface area contributed by atoms with Gasteiger partial charge in [-0.2, -0.15) is 0 Å². The zero-order valence-electron chi connectivity index (χ0n) is 21.6. The zero-order valence-corrected chi connectivity index (χ0v) is 21.6. The van der Waals surface area contributed by atoms with Crippen LogP contribution in [0.1, 0.15) is 60.8 Å². The lowest BCUT2D eigenvalue weighted by Crippen LogP contribution is -2.52. The number of Topliss-reactive ketones (excluding diaryl/α,β-unsaturated/α-hetero) is 1. The van der Waals surface area contributed by atoms with Gasteiger partial charge in [-0.15, -0.1) is 0 Å². The van der Waals surface area contributed by atoms with E-state index in [9.17, 15) is 14.4 Å². The van der Waals surface area contributed by atoms with E-state index in [1.807, 2.05) is 53.6 Å². The summed E-state index contributed by atoms with van der Waals surface area (Å²) in [5, 5.41) is 0. The minimum atomic E-state index is -0.481.